The second-order valence-corrected chi connectivity index (χ2v) is 6.66. The molecule has 1 heterocycles. The van der Waals surface area contributed by atoms with E-state index in [-0.39, 0.29) is 11.4 Å². The second kappa shape index (κ2) is 6.47. The van der Waals surface area contributed by atoms with Gasteiger partial charge in [-0.3, -0.25) is 4.79 Å². The van der Waals surface area contributed by atoms with Crippen LogP contribution in [0.1, 0.15) is 5.56 Å². The van der Waals surface area contributed by atoms with E-state index < -0.39 is 11.9 Å². The van der Waals surface area contributed by atoms with Crippen molar-refractivity contribution in [2.45, 2.75) is 0 Å². The van der Waals surface area contributed by atoms with Crippen LogP contribution < -0.4 is 10.2 Å². The van der Waals surface area contributed by atoms with Crippen LogP contribution in [0.4, 0.5) is 10.5 Å². The van der Waals surface area contributed by atoms with E-state index in [9.17, 15) is 14.7 Å². The maximum absolute atomic E-state index is 12.5. The van der Waals surface area contributed by atoms with E-state index in [0.717, 1.165) is 4.90 Å². The largest absolute Gasteiger partial charge is 0.506 e. The molecule has 0 atom stereocenters. The lowest BCUT2D eigenvalue weighted by Crippen LogP contribution is -2.30. The number of phenolic OH excluding ortho intramolecular Hbond substituents is 1. The molecule has 0 aromatic heterocycles. The number of phenols is 1. The Balaban J connectivity index is 1.98. The first-order valence-corrected chi connectivity index (χ1v) is 8.22. The zero-order chi connectivity index (χ0) is 17.4. The minimum absolute atomic E-state index is 0.0272. The third-order valence-electron chi connectivity index (χ3n) is 3.32. The molecule has 1 aliphatic heterocycles. The highest BCUT2D eigenvalue weighted by Gasteiger charge is 2.35. The van der Waals surface area contributed by atoms with E-state index in [0.29, 0.717) is 25.8 Å². The summed E-state index contributed by atoms with van der Waals surface area (Å²) < 4.78 is 0.383. The highest BCUT2D eigenvalue weighted by Crippen LogP contribution is 2.33. The minimum Gasteiger partial charge on any atom is -0.506 e. The lowest BCUT2D eigenvalue weighted by atomic mass is 10.1. The summed E-state index contributed by atoms with van der Waals surface area (Å²) in [7, 11) is 0. The van der Waals surface area contributed by atoms with Crippen LogP contribution in [-0.4, -0.2) is 17.0 Å². The molecule has 3 amide bonds. The monoisotopic (exact) mass is 426 g/mol. The van der Waals surface area contributed by atoms with Gasteiger partial charge in [0.25, 0.3) is 5.91 Å². The van der Waals surface area contributed by atoms with Crippen LogP contribution in [0, 0.1) is 0 Å². The molecule has 2 N–H and O–H groups in total. The number of imide groups is 1. The quantitative estimate of drug-likeness (QED) is 0.545. The Morgan fingerprint density at radius 1 is 1.08 bits per heavy atom. The molecule has 0 saturated carbocycles. The number of halogens is 3. The van der Waals surface area contributed by atoms with Gasteiger partial charge in [-0.2, -0.15) is 0 Å². The van der Waals surface area contributed by atoms with E-state index in [4.69, 9.17) is 23.2 Å². The molecule has 0 bridgehead atoms. The van der Waals surface area contributed by atoms with Gasteiger partial charge in [0.15, 0.2) is 0 Å². The maximum atomic E-state index is 12.5. The van der Waals surface area contributed by atoms with Crippen molar-refractivity contribution in [3.63, 3.8) is 0 Å². The zero-order valence-electron chi connectivity index (χ0n) is 11.9. The van der Waals surface area contributed by atoms with Gasteiger partial charge in [0.1, 0.15) is 11.4 Å². The lowest BCUT2D eigenvalue weighted by molar-refractivity contribution is -0.113. The molecule has 1 saturated heterocycles. The third kappa shape index (κ3) is 3.13. The number of amides is 3. The van der Waals surface area contributed by atoms with Gasteiger partial charge in [0.05, 0.1) is 10.2 Å². The maximum Gasteiger partial charge on any atom is 0.333 e. The number of anilines is 1. The van der Waals surface area contributed by atoms with Crippen molar-refractivity contribution in [2.24, 2.45) is 0 Å². The van der Waals surface area contributed by atoms with Crippen LogP contribution in [0.3, 0.4) is 0 Å². The highest BCUT2D eigenvalue weighted by molar-refractivity contribution is 9.10. The molecular weight excluding hydrogens is 419 g/mol. The van der Waals surface area contributed by atoms with Gasteiger partial charge in [-0.05, 0) is 58.4 Å². The van der Waals surface area contributed by atoms with Crippen molar-refractivity contribution < 1.29 is 14.7 Å². The second-order valence-electron chi connectivity index (χ2n) is 4.93. The van der Waals surface area contributed by atoms with E-state index >= 15 is 0 Å². The van der Waals surface area contributed by atoms with Crippen LogP contribution in [0.2, 0.25) is 10.0 Å². The summed E-state index contributed by atoms with van der Waals surface area (Å²) in [6, 6.07) is 8.71. The third-order valence-corrected chi connectivity index (χ3v) is 4.40. The molecule has 1 aliphatic rings. The molecule has 5 nitrogen and oxygen atoms in total. The number of hydrogen-bond donors (Lipinski definition) is 2. The summed E-state index contributed by atoms with van der Waals surface area (Å²) in [5.74, 6) is -0.628. The van der Waals surface area contributed by atoms with Crippen LogP contribution in [0.15, 0.2) is 46.6 Å². The number of benzene rings is 2. The number of nitrogens with zero attached hydrogens (tertiary/aromatic N) is 1. The number of hydrogen-bond acceptors (Lipinski definition) is 3. The van der Waals surface area contributed by atoms with Crippen LogP contribution >= 0.6 is 39.1 Å². The van der Waals surface area contributed by atoms with Gasteiger partial charge in [0.2, 0.25) is 0 Å². The van der Waals surface area contributed by atoms with Gasteiger partial charge in [-0.25, -0.2) is 9.69 Å². The van der Waals surface area contributed by atoms with Crippen molar-refractivity contribution in [1.29, 1.82) is 0 Å². The first-order chi connectivity index (χ1) is 11.4. The Morgan fingerprint density at radius 3 is 2.42 bits per heavy atom. The van der Waals surface area contributed by atoms with Crippen LogP contribution in [-0.2, 0) is 4.79 Å². The number of rotatable bonds is 2. The summed E-state index contributed by atoms with van der Waals surface area (Å²) in [6.45, 7) is 0. The molecule has 0 radical (unpaired) electrons. The predicted octanol–water partition coefficient (Wildman–Crippen LogP) is 4.56. The van der Waals surface area contributed by atoms with E-state index in [1.165, 1.54) is 18.2 Å². The summed E-state index contributed by atoms with van der Waals surface area (Å²) >= 11 is 14.9. The van der Waals surface area contributed by atoms with Gasteiger partial charge < -0.3 is 10.4 Å². The number of aromatic hydroxyl groups is 1. The number of nitrogens with one attached hydrogen (secondary N) is 1. The fourth-order valence-electron chi connectivity index (χ4n) is 2.21. The summed E-state index contributed by atoms with van der Waals surface area (Å²) in [4.78, 5) is 25.6. The Hall–Kier alpha value is -2.02. The molecule has 3 rings (SSSR count). The van der Waals surface area contributed by atoms with Crippen molar-refractivity contribution >= 4 is 62.8 Å². The Kier molecular flexibility index (Phi) is 4.54. The van der Waals surface area contributed by atoms with Gasteiger partial charge >= 0.3 is 6.03 Å². The molecule has 0 spiro atoms. The molecule has 2 aromatic rings. The van der Waals surface area contributed by atoms with Crippen LogP contribution in [0.5, 0.6) is 5.75 Å². The fraction of sp³-hybridized carbons (Fsp3) is 0. The summed E-state index contributed by atoms with van der Waals surface area (Å²) in [5, 5.41) is 13.4. The van der Waals surface area contributed by atoms with Gasteiger partial charge in [0, 0.05) is 15.6 Å². The smallest absolute Gasteiger partial charge is 0.333 e. The van der Waals surface area contributed by atoms with E-state index in [2.05, 4.69) is 21.2 Å². The molecular formula is C16H9BrCl2N2O3. The lowest BCUT2D eigenvalue weighted by Gasteiger charge is -2.11. The SMILES string of the molecule is O=C1N/C(=C/c2cc(Cl)cc(Br)c2O)C(=O)N1c1ccc(Cl)cc1. The van der Waals surface area contributed by atoms with Crippen molar-refractivity contribution in [3.8, 4) is 5.75 Å². The van der Waals surface area contributed by atoms with E-state index in [1.807, 2.05) is 0 Å². The number of carbonyl (C=O) groups is 2. The van der Waals surface area contributed by atoms with E-state index in [1.54, 1.807) is 24.3 Å². The standard InChI is InChI=1S/C16H9BrCl2N2O3/c17-12-7-10(19)5-8(14(12)22)6-13-15(23)21(16(24)20-13)11-3-1-9(18)2-4-11/h1-7,22H,(H,20,24)/b13-6+. The summed E-state index contributed by atoms with van der Waals surface area (Å²) in [5.41, 5.74) is 0.720. The fourth-order valence-corrected chi connectivity index (χ4v) is 3.17. The Morgan fingerprint density at radius 2 is 1.75 bits per heavy atom. The minimum atomic E-state index is -0.589. The predicted molar refractivity (Wildman–Crippen MR) is 96.3 cm³/mol. The molecule has 122 valence electrons. The topological polar surface area (TPSA) is 69.6 Å². The van der Waals surface area contributed by atoms with Crippen molar-refractivity contribution in [1.82, 2.24) is 5.32 Å². The van der Waals surface area contributed by atoms with Crippen molar-refractivity contribution in [3.05, 3.63) is 62.2 Å². The average Bonchev–Trinajstić information content (AvgIpc) is 2.80. The molecule has 0 unspecified atom stereocenters. The van der Waals surface area contributed by atoms with Gasteiger partial charge in [-0.1, -0.05) is 23.2 Å². The first kappa shape index (κ1) is 16.8. The molecule has 8 heteroatoms. The molecule has 2 aromatic carbocycles. The molecule has 1 fully saturated rings. The number of urea groups is 1. The highest BCUT2D eigenvalue weighted by atomic mass is 79.9. The summed E-state index contributed by atoms with van der Waals surface area (Å²) in [6.07, 6.45) is 1.36. The molecule has 24 heavy (non-hydrogen) atoms. The zero-order valence-corrected chi connectivity index (χ0v) is 15.0. The van der Waals surface area contributed by atoms with Crippen molar-refractivity contribution in [2.75, 3.05) is 4.90 Å². The first-order valence-electron chi connectivity index (χ1n) is 6.67. The Bertz CT molecular complexity index is 882. The molecule has 0 aliphatic carbocycles. The Labute approximate surface area is 155 Å². The normalized spacial score (nSPS) is 16.0. The van der Waals surface area contributed by atoms with Gasteiger partial charge in [-0.15, -0.1) is 0 Å². The van der Waals surface area contributed by atoms with Crippen LogP contribution in [0.25, 0.3) is 6.08 Å². The number of carbonyl (C=O) groups excluding carboxylic acids is 2. The average molecular weight is 428 g/mol.